The van der Waals surface area contributed by atoms with Gasteiger partial charge in [-0.25, -0.2) is 4.79 Å². The second-order valence-electron chi connectivity index (χ2n) is 2.90. The SMILES string of the molecule is CC(=O)OC(=O)C(=O)C(C(C)=O)C(C)=O.[Cr]. The van der Waals surface area contributed by atoms with Gasteiger partial charge in [0.05, 0.1) is 0 Å². The molecule has 0 heterocycles. The molecular weight excluding hydrogens is 256 g/mol. The van der Waals surface area contributed by atoms with Crippen LogP contribution < -0.4 is 0 Å². The van der Waals surface area contributed by atoms with Crippen molar-refractivity contribution < 1.29 is 46.1 Å². The van der Waals surface area contributed by atoms with Crippen LogP contribution in [0.15, 0.2) is 0 Å². The average Bonchev–Trinajstić information content (AvgIpc) is 2.00. The Kier molecular flexibility index (Phi) is 7.52. The summed E-state index contributed by atoms with van der Waals surface area (Å²) in [6.07, 6.45) is 0. The molecule has 88 valence electrons. The van der Waals surface area contributed by atoms with Crippen LogP contribution in [0.1, 0.15) is 20.8 Å². The van der Waals surface area contributed by atoms with Crippen molar-refractivity contribution in [1.82, 2.24) is 0 Å². The predicted octanol–water partition coefficient (Wildman–Crippen LogP) is -0.563. The second-order valence-corrected chi connectivity index (χ2v) is 2.90. The first-order chi connectivity index (χ1) is 6.77. The Balaban J connectivity index is 0. The molecule has 7 heteroatoms. The van der Waals surface area contributed by atoms with Crippen LogP contribution >= 0.6 is 0 Å². The van der Waals surface area contributed by atoms with E-state index in [1.807, 2.05) is 0 Å². The summed E-state index contributed by atoms with van der Waals surface area (Å²) in [5, 5.41) is 0. The molecule has 0 spiro atoms. The number of esters is 2. The van der Waals surface area contributed by atoms with Gasteiger partial charge in [-0.05, 0) is 13.8 Å². The second kappa shape index (κ2) is 7.04. The molecule has 0 N–H and O–H groups in total. The molecule has 0 aliphatic rings. The molecule has 6 nitrogen and oxygen atoms in total. The number of hydrogen-bond donors (Lipinski definition) is 0. The Morgan fingerprint density at radius 3 is 1.50 bits per heavy atom. The van der Waals surface area contributed by atoms with E-state index in [2.05, 4.69) is 4.74 Å². The summed E-state index contributed by atoms with van der Waals surface area (Å²) >= 11 is 0. The smallest absolute Gasteiger partial charge is 0.383 e. The van der Waals surface area contributed by atoms with Crippen molar-refractivity contribution in [3.05, 3.63) is 0 Å². The molecule has 0 saturated carbocycles. The maximum Gasteiger partial charge on any atom is 0.383 e. The number of carbonyl (C=O) groups is 5. The topological polar surface area (TPSA) is 94.6 Å². The number of hydrogen-bond acceptors (Lipinski definition) is 6. The fourth-order valence-electron chi connectivity index (χ4n) is 0.954. The van der Waals surface area contributed by atoms with Crippen LogP contribution in [0.2, 0.25) is 0 Å². The summed E-state index contributed by atoms with van der Waals surface area (Å²) in [6, 6.07) is 0. The Labute approximate surface area is 102 Å². The molecule has 0 atom stereocenters. The number of Topliss-reactive ketones (excluding diaryl/α,β-unsaturated/α-hetero) is 3. The molecule has 0 aliphatic carbocycles. The molecule has 0 radical (unpaired) electrons. The quantitative estimate of drug-likeness (QED) is 0.384. The van der Waals surface area contributed by atoms with Crippen molar-refractivity contribution in [3.8, 4) is 0 Å². The van der Waals surface area contributed by atoms with E-state index in [0.717, 1.165) is 20.8 Å². The molecule has 0 unspecified atom stereocenters. The Morgan fingerprint density at radius 1 is 0.875 bits per heavy atom. The number of ether oxygens (including phenoxy) is 1. The summed E-state index contributed by atoms with van der Waals surface area (Å²) < 4.78 is 3.96. The minimum absolute atomic E-state index is 0. The fourth-order valence-corrected chi connectivity index (χ4v) is 0.954. The molecule has 0 saturated heterocycles. The molecule has 0 bridgehead atoms. The van der Waals surface area contributed by atoms with Crippen LogP contribution in [0.3, 0.4) is 0 Å². The molecule has 0 fully saturated rings. The van der Waals surface area contributed by atoms with Crippen LogP contribution in [0, 0.1) is 5.92 Å². The molecule has 0 aromatic heterocycles. The molecular formula is C9H10CrO6. The zero-order valence-corrected chi connectivity index (χ0v) is 10.2. The van der Waals surface area contributed by atoms with Crippen molar-refractivity contribution in [1.29, 1.82) is 0 Å². The molecule has 0 aromatic carbocycles. The maximum absolute atomic E-state index is 11.2. The largest absolute Gasteiger partial charge is 0.387 e. The van der Waals surface area contributed by atoms with E-state index in [9.17, 15) is 24.0 Å². The number of rotatable bonds is 4. The van der Waals surface area contributed by atoms with Gasteiger partial charge >= 0.3 is 11.9 Å². The van der Waals surface area contributed by atoms with Gasteiger partial charge in [0.15, 0.2) is 0 Å². The van der Waals surface area contributed by atoms with E-state index in [4.69, 9.17) is 0 Å². The van der Waals surface area contributed by atoms with Gasteiger partial charge in [0.25, 0.3) is 5.78 Å². The summed E-state index contributed by atoms with van der Waals surface area (Å²) in [6.45, 7) is 2.94. The van der Waals surface area contributed by atoms with Gasteiger partial charge in [-0.1, -0.05) is 0 Å². The van der Waals surface area contributed by atoms with Crippen LogP contribution in [0.4, 0.5) is 0 Å². The minimum atomic E-state index is -1.67. The molecule has 0 aliphatic heterocycles. The van der Waals surface area contributed by atoms with Crippen molar-refractivity contribution in [3.63, 3.8) is 0 Å². The van der Waals surface area contributed by atoms with Gasteiger partial charge < -0.3 is 4.74 Å². The average molecular weight is 266 g/mol. The fraction of sp³-hybridized carbons (Fsp3) is 0.444. The molecule has 16 heavy (non-hydrogen) atoms. The van der Waals surface area contributed by atoms with E-state index >= 15 is 0 Å². The number of carbonyl (C=O) groups excluding carboxylic acids is 5. The maximum atomic E-state index is 11.2. The standard InChI is InChI=1S/C9H10O6.Cr/c1-4(10)7(5(2)11)8(13)9(14)15-6(3)12;/h7H,1-3H3;. The van der Waals surface area contributed by atoms with Gasteiger partial charge in [0.1, 0.15) is 17.5 Å². The van der Waals surface area contributed by atoms with Gasteiger partial charge in [-0.2, -0.15) is 0 Å². The van der Waals surface area contributed by atoms with Crippen LogP contribution in [0.25, 0.3) is 0 Å². The molecule has 0 amide bonds. The van der Waals surface area contributed by atoms with E-state index in [1.54, 1.807) is 0 Å². The van der Waals surface area contributed by atoms with Crippen molar-refractivity contribution in [2.45, 2.75) is 20.8 Å². The normalized spacial score (nSPS) is 9.00. The zero-order valence-electron chi connectivity index (χ0n) is 8.94. The summed E-state index contributed by atoms with van der Waals surface area (Å²) in [4.78, 5) is 54.2. The van der Waals surface area contributed by atoms with Crippen molar-refractivity contribution >= 4 is 29.3 Å². The monoisotopic (exact) mass is 266 g/mol. The van der Waals surface area contributed by atoms with Crippen LogP contribution in [-0.4, -0.2) is 29.3 Å². The van der Waals surface area contributed by atoms with E-state index in [-0.39, 0.29) is 17.4 Å². The molecule has 0 rings (SSSR count). The van der Waals surface area contributed by atoms with E-state index in [0.29, 0.717) is 0 Å². The van der Waals surface area contributed by atoms with E-state index in [1.165, 1.54) is 0 Å². The van der Waals surface area contributed by atoms with Crippen molar-refractivity contribution in [2.75, 3.05) is 0 Å². The molecule has 0 aromatic rings. The summed E-state index contributed by atoms with van der Waals surface area (Å²) in [7, 11) is 0. The first-order valence-corrected chi connectivity index (χ1v) is 4.04. The van der Waals surface area contributed by atoms with Crippen molar-refractivity contribution in [2.24, 2.45) is 5.92 Å². The van der Waals surface area contributed by atoms with Gasteiger partial charge in [0, 0.05) is 24.3 Å². The van der Waals surface area contributed by atoms with Gasteiger partial charge in [0.2, 0.25) is 0 Å². The minimum Gasteiger partial charge on any atom is -0.387 e. The first kappa shape index (κ1) is 17.1. The Bertz CT molecular complexity index is 332. The van der Waals surface area contributed by atoms with E-state index < -0.39 is 35.2 Å². The zero-order chi connectivity index (χ0) is 12.2. The predicted molar refractivity (Wildman–Crippen MR) is 46.6 cm³/mol. The van der Waals surface area contributed by atoms with Gasteiger partial charge in [-0.15, -0.1) is 0 Å². The van der Waals surface area contributed by atoms with Crippen LogP contribution in [0.5, 0.6) is 0 Å². The Hall–Kier alpha value is -1.32. The third-order valence-corrected chi connectivity index (χ3v) is 1.51. The third-order valence-electron chi connectivity index (χ3n) is 1.51. The summed E-state index contributed by atoms with van der Waals surface area (Å²) in [5.74, 6) is -6.96. The number of ketones is 3. The first-order valence-electron chi connectivity index (χ1n) is 4.04. The third kappa shape index (κ3) is 4.96. The Morgan fingerprint density at radius 2 is 1.25 bits per heavy atom. The van der Waals surface area contributed by atoms with Crippen LogP contribution in [-0.2, 0) is 46.1 Å². The van der Waals surface area contributed by atoms with Gasteiger partial charge in [-0.3, -0.25) is 19.2 Å². The summed E-state index contributed by atoms with van der Waals surface area (Å²) in [5.41, 5.74) is 0.